The van der Waals surface area contributed by atoms with Crippen LogP contribution in [0.2, 0.25) is 5.02 Å². The van der Waals surface area contributed by atoms with Crippen molar-refractivity contribution < 1.29 is 13.5 Å². The van der Waals surface area contributed by atoms with E-state index in [9.17, 15) is 9.65 Å². The second-order valence-corrected chi connectivity index (χ2v) is 7.71. The molecule has 0 atom stereocenters. The van der Waals surface area contributed by atoms with Crippen molar-refractivity contribution in [2.24, 2.45) is 5.92 Å². The minimum Gasteiger partial charge on any atom is -0.454 e. The fraction of sp³-hybridized carbons (Fsp3) is 0.115. The maximum Gasteiger partial charge on any atom is 0.165 e. The average molecular weight is 434 g/mol. The summed E-state index contributed by atoms with van der Waals surface area (Å²) in [7, 11) is 0. The lowest BCUT2D eigenvalue weighted by atomic mass is 9.98. The maximum atomic E-state index is 15.3. The van der Waals surface area contributed by atoms with Crippen molar-refractivity contribution in [1.82, 2.24) is 0 Å². The van der Waals surface area contributed by atoms with Crippen LogP contribution in [0.5, 0.6) is 11.5 Å². The topological polar surface area (TPSA) is 33.0 Å². The van der Waals surface area contributed by atoms with Gasteiger partial charge >= 0.3 is 0 Å². The lowest BCUT2D eigenvalue weighted by Crippen LogP contribution is -1.93. The van der Waals surface area contributed by atoms with Crippen LogP contribution in [0, 0.1) is 23.1 Å². The second kappa shape index (κ2) is 9.16. The fourth-order valence-corrected chi connectivity index (χ4v) is 3.45. The number of para-hydroxylation sites is 1. The number of nitrogens with zero attached hydrogens (tertiary/aromatic N) is 1. The Morgan fingerprint density at radius 1 is 1.00 bits per heavy atom. The zero-order valence-corrected chi connectivity index (χ0v) is 17.2. The van der Waals surface area contributed by atoms with Gasteiger partial charge in [0.05, 0.1) is 11.6 Å². The molecular formula is C26H18ClF2NO. The molecule has 31 heavy (non-hydrogen) atoms. The van der Waals surface area contributed by atoms with Crippen molar-refractivity contribution in [2.45, 2.75) is 12.8 Å². The van der Waals surface area contributed by atoms with Gasteiger partial charge in [-0.3, -0.25) is 0 Å². The Labute approximate surface area is 184 Å². The van der Waals surface area contributed by atoms with E-state index in [0.717, 1.165) is 18.4 Å². The SMILES string of the molecule is N#C/C(=C\C(F)=C(\c1ccc(Cl)cc1)C1CC1)c1ccc(F)c(Oc2ccccc2)c1. The summed E-state index contributed by atoms with van der Waals surface area (Å²) in [5.41, 5.74) is 1.76. The molecule has 0 N–H and O–H groups in total. The summed E-state index contributed by atoms with van der Waals surface area (Å²) in [6.07, 6.45) is 3.00. The molecule has 0 spiro atoms. The summed E-state index contributed by atoms with van der Waals surface area (Å²) in [6, 6.07) is 21.8. The highest BCUT2D eigenvalue weighted by Crippen LogP contribution is 2.45. The van der Waals surface area contributed by atoms with Crippen LogP contribution >= 0.6 is 11.6 Å². The lowest BCUT2D eigenvalue weighted by Gasteiger charge is -2.10. The third-order valence-electron chi connectivity index (χ3n) is 5.00. The van der Waals surface area contributed by atoms with E-state index >= 15 is 4.39 Å². The molecule has 0 amide bonds. The molecule has 4 rings (SSSR count). The summed E-state index contributed by atoms with van der Waals surface area (Å²) in [6.45, 7) is 0. The minimum atomic E-state index is -0.569. The summed E-state index contributed by atoms with van der Waals surface area (Å²) in [4.78, 5) is 0. The molecule has 0 aliphatic heterocycles. The van der Waals surface area contributed by atoms with E-state index < -0.39 is 11.6 Å². The molecule has 0 aromatic heterocycles. The van der Waals surface area contributed by atoms with E-state index in [2.05, 4.69) is 0 Å². The molecule has 0 heterocycles. The van der Waals surface area contributed by atoms with Gasteiger partial charge in [0.1, 0.15) is 11.6 Å². The predicted molar refractivity (Wildman–Crippen MR) is 119 cm³/mol. The highest BCUT2D eigenvalue weighted by atomic mass is 35.5. The van der Waals surface area contributed by atoms with E-state index in [4.69, 9.17) is 16.3 Å². The number of benzene rings is 3. The van der Waals surface area contributed by atoms with E-state index in [1.54, 1.807) is 48.5 Å². The van der Waals surface area contributed by atoms with Crippen LogP contribution in [0.15, 0.2) is 84.7 Å². The molecule has 1 fully saturated rings. The summed E-state index contributed by atoms with van der Waals surface area (Å²) >= 11 is 5.96. The van der Waals surface area contributed by atoms with Crippen LogP contribution in [0.4, 0.5) is 8.78 Å². The van der Waals surface area contributed by atoms with Gasteiger partial charge in [-0.15, -0.1) is 0 Å². The molecule has 1 aliphatic carbocycles. The molecule has 0 bridgehead atoms. The first-order valence-electron chi connectivity index (χ1n) is 9.85. The predicted octanol–water partition coefficient (Wildman–Crippen LogP) is 7.97. The van der Waals surface area contributed by atoms with Crippen LogP contribution in [0.3, 0.4) is 0 Å². The first-order valence-corrected chi connectivity index (χ1v) is 10.2. The molecule has 3 aromatic rings. The van der Waals surface area contributed by atoms with Crippen LogP contribution < -0.4 is 4.74 Å². The van der Waals surface area contributed by atoms with Gasteiger partial charge in [0.15, 0.2) is 11.6 Å². The van der Waals surface area contributed by atoms with Crippen molar-refractivity contribution in [2.75, 3.05) is 0 Å². The van der Waals surface area contributed by atoms with Crippen LogP contribution in [0.25, 0.3) is 11.1 Å². The smallest absolute Gasteiger partial charge is 0.165 e. The summed E-state index contributed by atoms with van der Waals surface area (Å²) in [5.74, 6) is -0.500. The van der Waals surface area contributed by atoms with Crippen molar-refractivity contribution in [1.29, 1.82) is 5.26 Å². The first-order chi connectivity index (χ1) is 15.0. The zero-order valence-electron chi connectivity index (χ0n) is 16.5. The van der Waals surface area contributed by atoms with Gasteiger partial charge in [-0.1, -0.05) is 48.0 Å². The summed E-state index contributed by atoms with van der Waals surface area (Å²) < 4.78 is 35.2. The van der Waals surface area contributed by atoms with Crippen LogP contribution in [0.1, 0.15) is 24.0 Å². The number of rotatable bonds is 6. The standard InChI is InChI=1S/C26H18ClF2NO/c27-21-11-8-18(9-12-21)26(17-6-7-17)24(29)14-20(16-30)19-10-13-23(28)25(15-19)31-22-4-2-1-3-5-22/h1-5,8-15,17H,6-7H2/b20-14+,26-24-. The van der Waals surface area contributed by atoms with Crippen LogP contribution in [-0.4, -0.2) is 0 Å². The molecule has 5 heteroatoms. The number of allylic oxidation sites excluding steroid dienone is 4. The van der Waals surface area contributed by atoms with E-state index in [-0.39, 0.29) is 17.2 Å². The van der Waals surface area contributed by atoms with Crippen LogP contribution in [-0.2, 0) is 0 Å². The Morgan fingerprint density at radius 3 is 2.32 bits per heavy atom. The quantitative estimate of drug-likeness (QED) is 0.291. The number of hydrogen-bond acceptors (Lipinski definition) is 2. The van der Waals surface area contributed by atoms with Gasteiger partial charge < -0.3 is 4.74 Å². The van der Waals surface area contributed by atoms with Gasteiger partial charge in [0.2, 0.25) is 0 Å². The minimum absolute atomic E-state index is 0.0330. The Morgan fingerprint density at radius 2 is 1.68 bits per heavy atom. The van der Waals surface area contributed by atoms with E-state index in [0.29, 0.717) is 21.9 Å². The summed E-state index contributed by atoms with van der Waals surface area (Å²) in [5, 5.41) is 10.2. The Balaban J connectivity index is 1.70. The van der Waals surface area contributed by atoms with Crippen molar-refractivity contribution in [3.63, 3.8) is 0 Å². The molecule has 2 nitrogen and oxygen atoms in total. The van der Waals surface area contributed by atoms with Gasteiger partial charge in [-0.25, -0.2) is 8.78 Å². The third kappa shape index (κ3) is 5.02. The second-order valence-electron chi connectivity index (χ2n) is 7.27. The Hall–Kier alpha value is -3.42. The molecular weight excluding hydrogens is 416 g/mol. The largest absolute Gasteiger partial charge is 0.454 e. The molecule has 1 saturated carbocycles. The molecule has 154 valence electrons. The number of hydrogen-bond donors (Lipinski definition) is 0. The Kier molecular flexibility index (Phi) is 6.16. The average Bonchev–Trinajstić information content (AvgIpc) is 3.61. The van der Waals surface area contributed by atoms with Gasteiger partial charge in [-0.05, 0) is 77.9 Å². The van der Waals surface area contributed by atoms with Gasteiger partial charge in [0, 0.05) is 5.02 Å². The highest BCUT2D eigenvalue weighted by molar-refractivity contribution is 6.30. The van der Waals surface area contributed by atoms with Crippen molar-refractivity contribution in [3.05, 3.63) is 107 Å². The molecule has 1 aliphatic rings. The van der Waals surface area contributed by atoms with Crippen molar-refractivity contribution in [3.8, 4) is 17.6 Å². The maximum absolute atomic E-state index is 15.3. The Bertz CT molecular complexity index is 1190. The van der Waals surface area contributed by atoms with E-state index in [1.807, 2.05) is 12.1 Å². The fourth-order valence-electron chi connectivity index (χ4n) is 3.32. The van der Waals surface area contributed by atoms with Gasteiger partial charge in [-0.2, -0.15) is 5.26 Å². The van der Waals surface area contributed by atoms with Gasteiger partial charge in [0.25, 0.3) is 0 Å². The first kappa shape index (κ1) is 20.8. The molecule has 0 radical (unpaired) electrons. The number of ether oxygens (including phenoxy) is 1. The normalized spacial score (nSPS) is 14.6. The lowest BCUT2D eigenvalue weighted by molar-refractivity contribution is 0.442. The zero-order chi connectivity index (χ0) is 21.8. The monoisotopic (exact) mass is 433 g/mol. The van der Waals surface area contributed by atoms with Crippen molar-refractivity contribution >= 4 is 22.7 Å². The van der Waals surface area contributed by atoms with E-state index in [1.165, 1.54) is 24.3 Å². The molecule has 0 saturated heterocycles. The molecule has 3 aromatic carbocycles. The molecule has 0 unspecified atom stereocenters. The highest BCUT2D eigenvalue weighted by Gasteiger charge is 2.29. The third-order valence-corrected chi connectivity index (χ3v) is 5.25. The number of nitriles is 1. The number of halogens is 3.